The fourth-order valence-electron chi connectivity index (χ4n) is 5.09. The predicted molar refractivity (Wildman–Crippen MR) is 92.6 cm³/mol. The van der Waals surface area contributed by atoms with Crippen LogP contribution in [0.5, 0.6) is 0 Å². The maximum Gasteiger partial charge on any atom is 0.312 e. The standard InChI is InChI=1S/C21H32O2/c1-6-19(2,3)18(22)23-20(4,5)7-8-21-12-15-9-16(13-21)11-17(10-15)14-21/h15-17H,6,9-14H2,1-5H3. The Morgan fingerprint density at radius 2 is 1.52 bits per heavy atom. The molecule has 4 rings (SSSR count). The Kier molecular flexibility index (Phi) is 4.06. The molecular weight excluding hydrogens is 284 g/mol. The number of carbonyl (C=O) groups is 1. The van der Waals surface area contributed by atoms with E-state index in [2.05, 4.69) is 11.8 Å². The molecule has 0 aromatic carbocycles. The summed E-state index contributed by atoms with van der Waals surface area (Å²) >= 11 is 0. The molecule has 0 aliphatic heterocycles. The summed E-state index contributed by atoms with van der Waals surface area (Å²) in [4.78, 5) is 12.3. The Balaban J connectivity index is 1.72. The summed E-state index contributed by atoms with van der Waals surface area (Å²) in [6.07, 6.45) is 8.91. The van der Waals surface area contributed by atoms with Crippen LogP contribution < -0.4 is 0 Å². The van der Waals surface area contributed by atoms with Crippen LogP contribution >= 0.6 is 0 Å². The highest BCUT2D eigenvalue weighted by Crippen LogP contribution is 2.59. The van der Waals surface area contributed by atoms with E-state index < -0.39 is 11.0 Å². The SMILES string of the molecule is CCC(C)(C)C(=O)OC(C)(C)C#CC12CC3CC(CC(C3)C1)C2. The zero-order valence-electron chi connectivity index (χ0n) is 15.5. The fourth-order valence-corrected chi connectivity index (χ4v) is 5.09. The Labute approximate surface area is 141 Å². The van der Waals surface area contributed by atoms with E-state index in [1.807, 2.05) is 34.6 Å². The molecule has 2 heteroatoms. The Morgan fingerprint density at radius 1 is 1.04 bits per heavy atom. The molecule has 4 bridgehead atoms. The molecule has 2 nitrogen and oxygen atoms in total. The van der Waals surface area contributed by atoms with Gasteiger partial charge in [-0.1, -0.05) is 18.8 Å². The molecule has 0 saturated heterocycles. The molecule has 4 aliphatic rings. The summed E-state index contributed by atoms with van der Waals surface area (Å²) in [7, 11) is 0. The first-order valence-corrected chi connectivity index (χ1v) is 9.41. The molecule has 0 atom stereocenters. The highest BCUT2D eigenvalue weighted by molar-refractivity contribution is 5.76. The van der Waals surface area contributed by atoms with E-state index in [-0.39, 0.29) is 11.4 Å². The van der Waals surface area contributed by atoms with Crippen LogP contribution in [0.2, 0.25) is 0 Å². The normalized spacial score (nSPS) is 35.6. The van der Waals surface area contributed by atoms with Crippen molar-refractivity contribution in [3.63, 3.8) is 0 Å². The van der Waals surface area contributed by atoms with E-state index in [0.29, 0.717) is 0 Å². The van der Waals surface area contributed by atoms with Crippen LogP contribution in [0.3, 0.4) is 0 Å². The first-order chi connectivity index (χ1) is 10.6. The van der Waals surface area contributed by atoms with Crippen molar-refractivity contribution in [2.45, 2.75) is 85.2 Å². The van der Waals surface area contributed by atoms with Crippen molar-refractivity contribution in [2.75, 3.05) is 0 Å². The van der Waals surface area contributed by atoms with E-state index >= 15 is 0 Å². The second kappa shape index (κ2) is 5.54. The zero-order chi connectivity index (χ0) is 16.9. The fraction of sp³-hybridized carbons (Fsp3) is 0.857. The summed E-state index contributed by atoms with van der Waals surface area (Å²) < 4.78 is 5.74. The number of esters is 1. The molecule has 0 aromatic heterocycles. The average Bonchev–Trinajstić information content (AvgIpc) is 2.43. The van der Waals surface area contributed by atoms with Crippen molar-refractivity contribution >= 4 is 5.97 Å². The van der Waals surface area contributed by atoms with Crippen LogP contribution in [0.15, 0.2) is 0 Å². The smallest absolute Gasteiger partial charge is 0.312 e. The Bertz CT molecular complexity index is 509. The van der Waals surface area contributed by atoms with Gasteiger partial charge in [0.25, 0.3) is 0 Å². The zero-order valence-corrected chi connectivity index (χ0v) is 15.5. The van der Waals surface area contributed by atoms with Gasteiger partial charge in [-0.15, -0.1) is 0 Å². The number of hydrogen-bond acceptors (Lipinski definition) is 2. The van der Waals surface area contributed by atoms with Gasteiger partial charge >= 0.3 is 5.97 Å². The average molecular weight is 316 g/mol. The molecule has 4 aliphatic carbocycles. The van der Waals surface area contributed by atoms with Gasteiger partial charge in [0.2, 0.25) is 0 Å². The van der Waals surface area contributed by atoms with Gasteiger partial charge in [0.15, 0.2) is 5.60 Å². The summed E-state index contributed by atoms with van der Waals surface area (Å²) in [6, 6.07) is 0. The van der Waals surface area contributed by atoms with Gasteiger partial charge in [0.05, 0.1) is 5.41 Å². The number of ether oxygens (including phenoxy) is 1. The van der Waals surface area contributed by atoms with Crippen LogP contribution in [-0.4, -0.2) is 11.6 Å². The highest BCUT2D eigenvalue weighted by atomic mass is 16.6. The summed E-state index contributed by atoms with van der Waals surface area (Å²) in [5.41, 5.74) is -0.898. The van der Waals surface area contributed by atoms with Gasteiger partial charge in [0.1, 0.15) is 0 Å². The van der Waals surface area contributed by atoms with E-state index in [1.165, 1.54) is 38.5 Å². The van der Waals surface area contributed by atoms with Gasteiger partial charge in [-0.2, -0.15) is 0 Å². The van der Waals surface area contributed by atoms with Gasteiger partial charge < -0.3 is 4.74 Å². The van der Waals surface area contributed by atoms with E-state index in [1.54, 1.807) is 0 Å². The van der Waals surface area contributed by atoms with Crippen LogP contribution in [0.1, 0.15) is 79.6 Å². The molecule has 0 N–H and O–H groups in total. The molecule has 4 saturated carbocycles. The van der Waals surface area contributed by atoms with Crippen LogP contribution in [0.25, 0.3) is 0 Å². The molecule has 128 valence electrons. The molecular formula is C21H32O2. The van der Waals surface area contributed by atoms with Crippen molar-refractivity contribution in [1.82, 2.24) is 0 Å². The van der Waals surface area contributed by atoms with Crippen molar-refractivity contribution in [3.05, 3.63) is 0 Å². The largest absolute Gasteiger partial charge is 0.446 e. The molecule has 0 aromatic rings. The molecule has 0 spiro atoms. The lowest BCUT2D eigenvalue weighted by Crippen LogP contribution is -2.45. The Hall–Kier alpha value is -0.970. The minimum atomic E-state index is -0.688. The molecule has 4 fully saturated rings. The molecule has 0 amide bonds. The maximum atomic E-state index is 12.3. The number of rotatable bonds is 3. The van der Waals surface area contributed by atoms with Crippen molar-refractivity contribution in [2.24, 2.45) is 28.6 Å². The molecule has 0 unspecified atom stereocenters. The third-order valence-corrected chi connectivity index (χ3v) is 6.45. The lowest BCUT2D eigenvalue weighted by molar-refractivity contribution is -0.162. The minimum Gasteiger partial charge on any atom is -0.446 e. The summed E-state index contributed by atoms with van der Waals surface area (Å²) in [5, 5.41) is 0. The third kappa shape index (κ3) is 3.44. The molecule has 23 heavy (non-hydrogen) atoms. The van der Waals surface area contributed by atoms with Gasteiger partial charge in [-0.25, -0.2) is 0 Å². The lowest BCUT2D eigenvalue weighted by Gasteiger charge is -2.54. The highest BCUT2D eigenvalue weighted by Gasteiger charge is 2.50. The monoisotopic (exact) mass is 316 g/mol. The lowest BCUT2D eigenvalue weighted by atomic mass is 9.50. The predicted octanol–water partition coefficient (Wildman–Crippen LogP) is 4.96. The van der Waals surface area contributed by atoms with E-state index in [0.717, 1.165) is 24.2 Å². The van der Waals surface area contributed by atoms with Gasteiger partial charge in [-0.05, 0) is 90.4 Å². The van der Waals surface area contributed by atoms with Crippen LogP contribution in [0.4, 0.5) is 0 Å². The molecule has 0 heterocycles. The molecule has 0 radical (unpaired) electrons. The summed E-state index contributed by atoms with van der Waals surface area (Å²) in [5.74, 6) is 9.54. The first kappa shape index (κ1) is 16.9. The minimum absolute atomic E-state index is 0.134. The quantitative estimate of drug-likeness (QED) is 0.543. The maximum absolute atomic E-state index is 12.3. The van der Waals surface area contributed by atoms with Crippen LogP contribution in [-0.2, 0) is 9.53 Å². The Morgan fingerprint density at radius 3 is 1.96 bits per heavy atom. The number of carbonyl (C=O) groups excluding carboxylic acids is 1. The van der Waals surface area contributed by atoms with Crippen LogP contribution in [0, 0.1) is 40.4 Å². The first-order valence-electron chi connectivity index (χ1n) is 9.41. The van der Waals surface area contributed by atoms with E-state index in [4.69, 9.17) is 4.74 Å². The number of hydrogen-bond donors (Lipinski definition) is 0. The third-order valence-electron chi connectivity index (χ3n) is 6.45. The summed E-state index contributed by atoms with van der Waals surface area (Å²) in [6.45, 7) is 9.78. The second-order valence-corrected chi connectivity index (χ2v) is 9.59. The van der Waals surface area contributed by atoms with Crippen molar-refractivity contribution in [3.8, 4) is 11.8 Å². The van der Waals surface area contributed by atoms with Gasteiger partial charge in [-0.3, -0.25) is 4.79 Å². The van der Waals surface area contributed by atoms with Crippen molar-refractivity contribution < 1.29 is 9.53 Å². The van der Waals surface area contributed by atoms with Crippen molar-refractivity contribution in [1.29, 1.82) is 0 Å². The second-order valence-electron chi connectivity index (χ2n) is 9.59. The van der Waals surface area contributed by atoms with E-state index in [9.17, 15) is 4.79 Å². The topological polar surface area (TPSA) is 26.3 Å². The van der Waals surface area contributed by atoms with Gasteiger partial charge in [0, 0.05) is 5.41 Å².